The summed E-state index contributed by atoms with van der Waals surface area (Å²) in [5, 5.41) is 19.3. The molecular weight excluding hydrogens is 272 g/mol. The number of thioether (sulfide) groups is 1. The molecule has 1 aromatic rings. The zero-order valence-corrected chi connectivity index (χ0v) is 12.0. The van der Waals surface area contributed by atoms with E-state index in [0.717, 1.165) is 17.7 Å². The highest BCUT2D eigenvalue weighted by atomic mass is 32.2. The second kappa shape index (κ2) is 5.96. The van der Waals surface area contributed by atoms with E-state index < -0.39 is 5.97 Å². The fourth-order valence-electron chi connectivity index (χ4n) is 1.89. The summed E-state index contributed by atoms with van der Waals surface area (Å²) in [6.07, 6.45) is 3.83. The van der Waals surface area contributed by atoms with Crippen LogP contribution in [0.5, 0.6) is 0 Å². The lowest BCUT2D eigenvalue weighted by molar-refractivity contribution is 0.0697. The van der Waals surface area contributed by atoms with E-state index in [0.29, 0.717) is 11.3 Å². The van der Waals surface area contributed by atoms with Crippen molar-refractivity contribution in [3.8, 4) is 0 Å². The summed E-state index contributed by atoms with van der Waals surface area (Å²) in [7, 11) is 0. The van der Waals surface area contributed by atoms with Crippen molar-refractivity contribution in [2.75, 3.05) is 5.73 Å². The molecule has 0 radical (unpaired) electrons. The van der Waals surface area contributed by atoms with E-state index >= 15 is 0 Å². The molecule has 0 saturated heterocycles. The highest BCUT2D eigenvalue weighted by Crippen LogP contribution is 2.32. The molecule has 0 spiro atoms. The van der Waals surface area contributed by atoms with E-state index in [1.165, 1.54) is 35.5 Å². The molecule has 1 aliphatic heterocycles. The van der Waals surface area contributed by atoms with Gasteiger partial charge in [-0.3, -0.25) is 5.41 Å². The molecule has 104 valence electrons. The van der Waals surface area contributed by atoms with E-state index in [-0.39, 0.29) is 11.3 Å². The summed E-state index contributed by atoms with van der Waals surface area (Å²) < 4.78 is 0. The number of nitrogens with two attached hydrogens (primary N) is 1. The number of carboxylic acid groups (broad SMARTS) is 1. The number of anilines is 1. The first-order chi connectivity index (χ1) is 9.52. The van der Waals surface area contributed by atoms with E-state index in [1.807, 2.05) is 6.08 Å². The Hall–Kier alpha value is -2.01. The maximum atomic E-state index is 11.0. The molecule has 0 atom stereocenters. The fourth-order valence-corrected chi connectivity index (χ4v) is 2.86. The van der Waals surface area contributed by atoms with Gasteiger partial charge in [-0.2, -0.15) is 0 Å². The van der Waals surface area contributed by atoms with Crippen LogP contribution in [0.3, 0.4) is 0 Å². The molecule has 20 heavy (non-hydrogen) atoms. The van der Waals surface area contributed by atoms with Gasteiger partial charge in [0.15, 0.2) is 0 Å². The third kappa shape index (κ3) is 2.93. The van der Waals surface area contributed by atoms with Gasteiger partial charge in [-0.1, -0.05) is 30.3 Å². The maximum absolute atomic E-state index is 11.0. The predicted octanol–water partition coefficient (Wildman–Crippen LogP) is 3.65. The summed E-state index contributed by atoms with van der Waals surface area (Å²) in [5.74, 6) is -1.02. The van der Waals surface area contributed by atoms with Gasteiger partial charge in [0.2, 0.25) is 0 Å². The van der Waals surface area contributed by atoms with Crippen LogP contribution in [0.15, 0.2) is 40.2 Å². The van der Waals surface area contributed by atoms with Gasteiger partial charge >= 0.3 is 5.97 Å². The van der Waals surface area contributed by atoms with Gasteiger partial charge in [-0.05, 0) is 36.4 Å². The Balaban J connectivity index is 2.28. The number of aromatic carboxylic acids is 1. The van der Waals surface area contributed by atoms with Crippen LogP contribution >= 0.6 is 11.8 Å². The first kappa shape index (κ1) is 14.4. The molecule has 0 fully saturated rings. The number of rotatable bonds is 4. The molecule has 2 rings (SSSR count). The lowest BCUT2D eigenvalue weighted by atomic mass is 10.0. The Morgan fingerprint density at radius 3 is 2.80 bits per heavy atom. The number of nitrogen functional groups attached to an aromatic ring is 1. The van der Waals surface area contributed by atoms with Gasteiger partial charge in [-0.15, -0.1) is 0 Å². The van der Waals surface area contributed by atoms with Crippen molar-refractivity contribution < 1.29 is 9.90 Å². The Labute approximate surface area is 121 Å². The SMILES string of the molecule is CCC1=CSC(C(=N)c2cc(C(=O)O)ccc2N)=CC1. The maximum Gasteiger partial charge on any atom is 0.335 e. The normalized spacial score (nSPS) is 14.4. The van der Waals surface area contributed by atoms with Gasteiger partial charge in [0.1, 0.15) is 0 Å². The minimum Gasteiger partial charge on any atom is -0.478 e. The van der Waals surface area contributed by atoms with Crippen LogP contribution in [0.4, 0.5) is 5.69 Å². The van der Waals surface area contributed by atoms with Crippen molar-refractivity contribution in [1.82, 2.24) is 0 Å². The van der Waals surface area contributed by atoms with Crippen molar-refractivity contribution in [2.45, 2.75) is 19.8 Å². The second-order valence-corrected chi connectivity index (χ2v) is 5.41. The van der Waals surface area contributed by atoms with Crippen LogP contribution in [0.2, 0.25) is 0 Å². The Kier molecular flexibility index (Phi) is 4.29. The number of carbonyl (C=O) groups is 1. The summed E-state index contributed by atoms with van der Waals surface area (Å²) in [6, 6.07) is 4.45. The summed E-state index contributed by atoms with van der Waals surface area (Å²) >= 11 is 1.49. The number of hydrogen-bond acceptors (Lipinski definition) is 4. The summed E-state index contributed by atoms with van der Waals surface area (Å²) in [4.78, 5) is 11.8. The highest BCUT2D eigenvalue weighted by molar-refractivity contribution is 8.06. The molecule has 5 heteroatoms. The lowest BCUT2D eigenvalue weighted by Crippen LogP contribution is -2.08. The smallest absolute Gasteiger partial charge is 0.335 e. The van der Waals surface area contributed by atoms with Crippen LogP contribution in [0, 0.1) is 5.41 Å². The van der Waals surface area contributed by atoms with Gasteiger partial charge in [0.05, 0.1) is 11.3 Å². The molecule has 1 heterocycles. The van der Waals surface area contributed by atoms with Crippen molar-refractivity contribution in [1.29, 1.82) is 5.41 Å². The molecule has 0 bridgehead atoms. The van der Waals surface area contributed by atoms with Crippen LogP contribution in [0.1, 0.15) is 35.7 Å². The third-order valence-corrected chi connectivity index (χ3v) is 4.25. The Morgan fingerprint density at radius 2 is 2.25 bits per heavy atom. The zero-order valence-electron chi connectivity index (χ0n) is 11.1. The second-order valence-electron chi connectivity index (χ2n) is 4.50. The van der Waals surface area contributed by atoms with E-state index in [2.05, 4.69) is 12.3 Å². The number of nitrogens with one attached hydrogen (secondary N) is 1. The Bertz CT molecular complexity index is 633. The molecule has 4 nitrogen and oxygen atoms in total. The monoisotopic (exact) mass is 288 g/mol. The molecule has 1 aliphatic rings. The van der Waals surface area contributed by atoms with Crippen LogP contribution in [-0.2, 0) is 0 Å². The van der Waals surface area contributed by atoms with Crippen molar-refractivity contribution in [2.24, 2.45) is 0 Å². The molecule has 0 aliphatic carbocycles. The van der Waals surface area contributed by atoms with Gasteiger partial charge < -0.3 is 10.8 Å². The van der Waals surface area contributed by atoms with Crippen LogP contribution in [0.25, 0.3) is 0 Å². The van der Waals surface area contributed by atoms with E-state index in [4.69, 9.17) is 16.2 Å². The quantitative estimate of drug-likeness (QED) is 0.583. The van der Waals surface area contributed by atoms with Crippen molar-refractivity contribution in [3.63, 3.8) is 0 Å². The molecule has 0 amide bonds. The third-order valence-electron chi connectivity index (χ3n) is 3.17. The first-order valence-electron chi connectivity index (χ1n) is 6.29. The molecule has 1 aromatic carbocycles. The van der Waals surface area contributed by atoms with Crippen LogP contribution in [-0.4, -0.2) is 16.8 Å². The van der Waals surface area contributed by atoms with Crippen molar-refractivity contribution in [3.05, 3.63) is 51.3 Å². The summed E-state index contributed by atoms with van der Waals surface area (Å²) in [5.41, 5.74) is 8.51. The van der Waals surface area contributed by atoms with Crippen LogP contribution < -0.4 is 5.73 Å². The number of benzene rings is 1. The largest absolute Gasteiger partial charge is 0.478 e. The topological polar surface area (TPSA) is 87.2 Å². The zero-order chi connectivity index (χ0) is 14.7. The lowest BCUT2D eigenvalue weighted by Gasteiger charge is -2.15. The van der Waals surface area contributed by atoms with Crippen molar-refractivity contribution >= 4 is 29.1 Å². The van der Waals surface area contributed by atoms with Gasteiger partial charge in [0.25, 0.3) is 0 Å². The molecular formula is C15H16N2O2S. The number of hydrogen-bond donors (Lipinski definition) is 3. The molecule has 4 N–H and O–H groups in total. The molecule has 0 unspecified atom stereocenters. The van der Waals surface area contributed by atoms with Gasteiger partial charge in [0, 0.05) is 16.2 Å². The average molecular weight is 288 g/mol. The Morgan fingerprint density at radius 1 is 1.50 bits per heavy atom. The number of carboxylic acids is 1. The van der Waals surface area contributed by atoms with Gasteiger partial charge in [-0.25, -0.2) is 4.79 Å². The average Bonchev–Trinajstić information content (AvgIpc) is 2.47. The van der Waals surface area contributed by atoms with E-state index in [9.17, 15) is 4.79 Å². The standard InChI is InChI=1S/C15H16N2O2S/c1-2-9-3-6-13(20-8-9)14(17)11-7-10(15(18)19)4-5-12(11)16/h4-8,17H,2-3,16H2,1H3,(H,18,19). The predicted molar refractivity (Wildman–Crippen MR) is 83.3 cm³/mol. The minimum atomic E-state index is -1.02. The molecule has 0 aromatic heterocycles. The van der Waals surface area contributed by atoms with E-state index in [1.54, 1.807) is 0 Å². The highest BCUT2D eigenvalue weighted by Gasteiger charge is 2.16. The number of allylic oxidation sites excluding steroid dienone is 3. The minimum absolute atomic E-state index is 0.144. The fraction of sp³-hybridized carbons (Fsp3) is 0.200. The first-order valence-corrected chi connectivity index (χ1v) is 7.17. The molecule has 0 saturated carbocycles. The summed E-state index contributed by atoms with van der Waals surface area (Å²) in [6.45, 7) is 2.10.